The van der Waals surface area contributed by atoms with Crippen LogP contribution in [0.2, 0.25) is 0 Å². The fraction of sp³-hybridized carbons (Fsp3) is 0.857. The third-order valence-electron chi connectivity index (χ3n) is 2.00. The lowest BCUT2D eigenvalue weighted by Gasteiger charge is -2.41. The normalized spacial score (nSPS) is 41.2. The van der Waals surface area contributed by atoms with E-state index in [4.69, 9.17) is 5.11 Å². The summed E-state index contributed by atoms with van der Waals surface area (Å²) in [7, 11) is 1.17. The van der Waals surface area contributed by atoms with E-state index < -0.39 is 37.0 Å². The first kappa shape index (κ1) is 12.1. The summed E-state index contributed by atoms with van der Waals surface area (Å²) < 4.78 is 13.2. The van der Waals surface area contributed by atoms with Gasteiger partial charge in [0.1, 0.15) is 18.3 Å². The quantitative estimate of drug-likeness (QED) is 0.416. The fourth-order valence-electron chi connectivity index (χ4n) is 1.29. The summed E-state index contributed by atoms with van der Waals surface area (Å²) >= 11 is 0. The molecule has 5 atom stereocenters. The van der Waals surface area contributed by atoms with Crippen molar-refractivity contribution >= 4 is 6.16 Å². The average Bonchev–Trinajstić information content (AvgIpc) is 2.14. The molecule has 0 aromatic heterocycles. The molecule has 0 bridgehead atoms. The van der Waals surface area contributed by atoms with Crippen molar-refractivity contribution in [1.82, 2.24) is 0 Å². The number of carboxylic acid groups (broad SMARTS) is 1. The van der Waals surface area contributed by atoms with Crippen LogP contribution in [0.3, 0.4) is 0 Å². The highest BCUT2D eigenvalue weighted by atomic mass is 16.8. The van der Waals surface area contributed by atoms with Crippen LogP contribution < -0.4 is 5.11 Å². The van der Waals surface area contributed by atoms with E-state index in [1.165, 1.54) is 7.11 Å². The smallest absolute Gasteiger partial charge is 0.254 e. The van der Waals surface area contributed by atoms with Gasteiger partial charge in [-0.15, -0.1) is 0 Å². The third kappa shape index (κ3) is 2.55. The Morgan fingerprint density at radius 3 is 2.40 bits per heavy atom. The predicted octanol–water partition coefficient (Wildman–Crippen LogP) is -3.24. The molecular weight excluding hydrogens is 212 g/mol. The second kappa shape index (κ2) is 4.73. The van der Waals surface area contributed by atoms with Crippen LogP contribution in [0, 0.1) is 0 Å². The van der Waals surface area contributed by atoms with Gasteiger partial charge < -0.3 is 39.4 Å². The monoisotopic (exact) mass is 223 g/mol. The molecule has 1 aliphatic rings. The Hall–Kier alpha value is -0.930. The van der Waals surface area contributed by atoms with Gasteiger partial charge in [0.2, 0.25) is 0 Å². The molecule has 0 radical (unpaired) electrons. The number of carbonyl (C=O) groups is 1. The van der Waals surface area contributed by atoms with E-state index >= 15 is 0 Å². The Morgan fingerprint density at radius 1 is 1.33 bits per heavy atom. The summed E-state index contributed by atoms with van der Waals surface area (Å²) in [5, 5.41) is 37.9. The fourth-order valence-corrected chi connectivity index (χ4v) is 1.29. The number of aliphatic hydroxyl groups excluding tert-OH is 3. The van der Waals surface area contributed by atoms with Crippen molar-refractivity contribution in [3.8, 4) is 0 Å². The molecule has 88 valence electrons. The predicted molar refractivity (Wildman–Crippen MR) is 40.2 cm³/mol. The molecule has 0 amide bonds. The van der Waals surface area contributed by atoms with Gasteiger partial charge in [-0.1, -0.05) is 0 Å². The Kier molecular flexibility index (Phi) is 3.83. The molecule has 0 aliphatic carbocycles. The topological polar surface area (TPSA) is 129 Å². The summed E-state index contributed by atoms with van der Waals surface area (Å²) in [5.74, 6) is 0. The number of hydrogen-bond donors (Lipinski definition) is 3. The summed E-state index contributed by atoms with van der Waals surface area (Å²) in [6.07, 6.45) is -9.53. The first-order chi connectivity index (χ1) is 6.97. The number of carbonyl (C=O) groups excluding carboxylic acids is 1. The zero-order valence-corrected chi connectivity index (χ0v) is 7.77. The van der Waals surface area contributed by atoms with E-state index in [0.717, 1.165) is 0 Å². The van der Waals surface area contributed by atoms with Crippen molar-refractivity contribution in [2.24, 2.45) is 0 Å². The molecule has 3 N–H and O–H groups in total. The molecule has 0 spiro atoms. The zero-order chi connectivity index (χ0) is 11.6. The van der Waals surface area contributed by atoms with E-state index in [-0.39, 0.29) is 0 Å². The Morgan fingerprint density at radius 2 is 1.93 bits per heavy atom. The molecule has 0 aromatic carbocycles. The lowest BCUT2D eigenvalue weighted by atomic mass is 10.0. The van der Waals surface area contributed by atoms with E-state index in [9.17, 15) is 20.1 Å². The second-order valence-electron chi connectivity index (χ2n) is 2.94. The largest absolute Gasteiger partial charge is 0.518 e. The highest BCUT2D eigenvalue weighted by Crippen LogP contribution is 2.22. The van der Waals surface area contributed by atoms with Crippen molar-refractivity contribution in [3.05, 3.63) is 0 Å². The lowest BCUT2D eigenvalue weighted by Crippen LogP contribution is -2.59. The molecule has 1 fully saturated rings. The van der Waals surface area contributed by atoms with Gasteiger partial charge in [-0.2, -0.15) is 0 Å². The van der Waals surface area contributed by atoms with Gasteiger partial charge in [-0.05, 0) is 0 Å². The van der Waals surface area contributed by atoms with Crippen LogP contribution >= 0.6 is 0 Å². The van der Waals surface area contributed by atoms with Crippen molar-refractivity contribution < 1.29 is 39.4 Å². The molecule has 8 heteroatoms. The van der Waals surface area contributed by atoms with Crippen LogP contribution in [-0.2, 0) is 14.2 Å². The first-order valence-corrected chi connectivity index (χ1v) is 4.07. The number of ether oxygens (including phenoxy) is 3. The van der Waals surface area contributed by atoms with Crippen molar-refractivity contribution in [3.63, 3.8) is 0 Å². The maximum atomic E-state index is 10.1. The minimum Gasteiger partial charge on any atom is -0.518 e. The number of methoxy groups -OCH3 is 1. The van der Waals surface area contributed by atoms with Gasteiger partial charge in [0, 0.05) is 7.11 Å². The minimum absolute atomic E-state index is 1.17. The van der Waals surface area contributed by atoms with Gasteiger partial charge in [0.05, 0.1) is 0 Å². The van der Waals surface area contributed by atoms with Gasteiger partial charge in [0.25, 0.3) is 6.16 Å². The SMILES string of the molecule is CO[C@H]1[C@H](O)[C@@H](OC(=O)[O-])O[C@@H](O)[C@@H]1O. The van der Waals surface area contributed by atoms with Gasteiger partial charge in [-0.3, -0.25) is 0 Å². The maximum Gasteiger partial charge on any atom is 0.254 e. The van der Waals surface area contributed by atoms with E-state index in [2.05, 4.69) is 14.2 Å². The highest BCUT2D eigenvalue weighted by molar-refractivity contribution is 5.54. The number of rotatable bonds is 2. The number of hydrogen-bond acceptors (Lipinski definition) is 8. The van der Waals surface area contributed by atoms with Crippen LogP contribution in [0.25, 0.3) is 0 Å². The Balaban J connectivity index is 2.71. The van der Waals surface area contributed by atoms with E-state index in [0.29, 0.717) is 0 Å². The summed E-state index contributed by atoms with van der Waals surface area (Å²) in [5.41, 5.74) is 0. The summed E-state index contributed by atoms with van der Waals surface area (Å²) in [6, 6.07) is 0. The van der Waals surface area contributed by atoms with Crippen molar-refractivity contribution in [2.45, 2.75) is 30.9 Å². The summed E-state index contributed by atoms with van der Waals surface area (Å²) in [6.45, 7) is 0. The van der Waals surface area contributed by atoms with Crippen molar-refractivity contribution in [1.29, 1.82) is 0 Å². The van der Waals surface area contributed by atoms with Crippen LogP contribution in [0.4, 0.5) is 4.79 Å². The average molecular weight is 223 g/mol. The molecule has 0 unspecified atom stereocenters. The van der Waals surface area contributed by atoms with Gasteiger partial charge in [0.15, 0.2) is 12.6 Å². The van der Waals surface area contributed by atoms with Gasteiger partial charge in [-0.25, -0.2) is 0 Å². The Bertz CT molecular complexity index is 231. The minimum atomic E-state index is -1.92. The van der Waals surface area contributed by atoms with Crippen LogP contribution in [-0.4, -0.2) is 59.5 Å². The highest BCUT2D eigenvalue weighted by Gasteiger charge is 2.44. The van der Waals surface area contributed by atoms with Gasteiger partial charge >= 0.3 is 0 Å². The summed E-state index contributed by atoms with van der Waals surface area (Å²) in [4.78, 5) is 10.1. The van der Waals surface area contributed by atoms with E-state index in [1.54, 1.807) is 0 Å². The Labute approximate surface area is 84.6 Å². The molecular formula is C7H11O8-. The molecule has 0 saturated carbocycles. The molecule has 0 aromatic rings. The van der Waals surface area contributed by atoms with Crippen LogP contribution in [0.15, 0.2) is 0 Å². The molecule has 1 heterocycles. The molecule has 1 rings (SSSR count). The lowest BCUT2D eigenvalue weighted by molar-refractivity contribution is -0.361. The maximum absolute atomic E-state index is 10.1. The third-order valence-corrected chi connectivity index (χ3v) is 2.00. The second-order valence-corrected chi connectivity index (χ2v) is 2.94. The van der Waals surface area contributed by atoms with E-state index in [1.807, 2.05) is 0 Å². The van der Waals surface area contributed by atoms with Crippen LogP contribution in [0.1, 0.15) is 0 Å². The number of aliphatic hydroxyl groups is 3. The molecule has 1 saturated heterocycles. The molecule has 8 nitrogen and oxygen atoms in total. The molecule has 15 heavy (non-hydrogen) atoms. The first-order valence-electron chi connectivity index (χ1n) is 4.07. The van der Waals surface area contributed by atoms with Crippen molar-refractivity contribution in [2.75, 3.05) is 7.11 Å². The zero-order valence-electron chi connectivity index (χ0n) is 7.77. The van der Waals surface area contributed by atoms with Crippen LogP contribution in [0.5, 0.6) is 0 Å². The standard InChI is InChI=1S/C7H12O8/c1-13-4-2(8)5(10)14-6(3(4)9)15-7(11)12/h2-6,8-10H,1H3,(H,11,12)/p-1/t2-,3+,4-,5-,6-/m1/s1. The molecule has 1 aliphatic heterocycles.